The van der Waals surface area contributed by atoms with Gasteiger partial charge in [0, 0.05) is 25.0 Å². The third kappa shape index (κ3) is 9.82. The van der Waals surface area contributed by atoms with E-state index in [-0.39, 0.29) is 18.7 Å². The standard InChI is InChI=1S/C11H20O3S/c1-9(2)7-15-8-11(5-4-6-12)14-10(3)13/h11-12H,1,4-8H2,2-3H3. The third-order valence-electron chi connectivity index (χ3n) is 1.67. The van der Waals surface area contributed by atoms with Crippen molar-refractivity contribution < 1.29 is 14.6 Å². The van der Waals surface area contributed by atoms with Crippen molar-refractivity contribution in [2.24, 2.45) is 0 Å². The molecular weight excluding hydrogens is 212 g/mol. The van der Waals surface area contributed by atoms with Crippen LogP contribution in [0.3, 0.4) is 0 Å². The Kier molecular flexibility index (Phi) is 8.52. The van der Waals surface area contributed by atoms with Gasteiger partial charge in [-0.15, -0.1) is 0 Å². The van der Waals surface area contributed by atoms with E-state index in [2.05, 4.69) is 6.58 Å². The highest BCUT2D eigenvalue weighted by atomic mass is 32.2. The summed E-state index contributed by atoms with van der Waals surface area (Å²) in [5.74, 6) is 1.40. The van der Waals surface area contributed by atoms with Crippen molar-refractivity contribution >= 4 is 17.7 Å². The lowest BCUT2D eigenvalue weighted by Crippen LogP contribution is -2.19. The molecule has 0 rings (SSSR count). The van der Waals surface area contributed by atoms with Crippen molar-refractivity contribution in [1.82, 2.24) is 0 Å². The Bertz CT molecular complexity index is 204. The number of hydrogen-bond acceptors (Lipinski definition) is 4. The van der Waals surface area contributed by atoms with Gasteiger partial charge in [-0.3, -0.25) is 4.79 Å². The average molecular weight is 232 g/mol. The van der Waals surface area contributed by atoms with Crippen LogP contribution in [0.2, 0.25) is 0 Å². The Balaban J connectivity index is 3.78. The van der Waals surface area contributed by atoms with Gasteiger partial charge in [0.15, 0.2) is 0 Å². The van der Waals surface area contributed by atoms with E-state index in [1.165, 1.54) is 6.92 Å². The molecule has 0 saturated carbocycles. The number of rotatable bonds is 8. The summed E-state index contributed by atoms with van der Waals surface area (Å²) in [6.07, 6.45) is 1.31. The minimum atomic E-state index is -0.256. The first-order chi connectivity index (χ1) is 7.06. The van der Waals surface area contributed by atoms with Gasteiger partial charge in [0.05, 0.1) is 0 Å². The van der Waals surface area contributed by atoms with Crippen LogP contribution in [0.5, 0.6) is 0 Å². The molecule has 0 aliphatic heterocycles. The molecule has 0 bridgehead atoms. The minimum absolute atomic E-state index is 0.0843. The van der Waals surface area contributed by atoms with E-state index in [0.29, 0.717) is 6.42 Å². The van der Waals surface area contributed by atoms with Crippen molar-refractivity contribution in [2.75, 3.05) is 18.1 Å². The molecule has 15 heavy (non-hydrogen) atoms. The molecule has 0 saturated heterocycles. The number of ether oxygens (including phenoxy) is 1. The number of carbonyl (C=O) groups is 1. The van der Waals surface area contributed by atoms with Crippen LogP contribution < -0.4 is 0 Å². The van der Waals surface area contributed by atoms with Crippen molar-refractivity contribution in [2.45, 2.75) is 32.8 Å². The summed E-state index contributed by atoms with van der Waals surface area (Å²) in [5.41, 5.74) is 1.11. The maximum Gasteiger partial charge on any atom is 0.302 e. The molecule has 0 spiro atoms. The van der Waals surface area contributed by atoms with E-state index in [4.69, 9.17) is 9.84 Å². The van der Waals surface area contributed by atoms with Gasteiger partial charge in [0.1, 0.15) is 6.10 Å². The van der Waals surface area contributed by atoms with E-state index in [1.807, 2.05) is 6.92 Å². The molecule has 0 aromatic carbocycles. The summed E-state index contributed by atoms with van der Waals surface area (Å²) in [6.45, 7) is 7.33. The fraction of sp³-hybridized carbons (Fsp3) is 0.727. The molecule has 0 aliphatic carbocycles. The first-order valence-corrected chi connectivity index (χ1v) is 6.22. The van der Waals surface area contributed by atoms with Crippen molar-refractivity contribution in [1.29, 1.82) is 0 Å². The van der Waals surface area contributed by atoms with Crippen molar-refractivity contribution in [3.8, 4) is 0 Å². The normalized spacial score (nSPS) is 12.2. The van der Waals surface area contributed by atoms with Crippen LogP contribution in [0.25, 0.3) is 0 Å². The molecule has 88 valence electrons. The van der Waals surface area contributed by atoms with Crippen molar-refractivity contribution in [3.05, 3.63) is 12.2 Å². The summed E-state index contributed by atoms with van der Waals surface area (Å²) >= 11 is 1.70. The van der Waals surface area contributed by atoms with Crippen LogP contribution in [0, 0.1) is 0 Å². The molecule has 4 heteroatoms. The second kappa shape index (κ2) is 8.80. The van der Waals surface area contributed by atoms with Gasteiger partial charge in [-0.05, 0) is 19.8 Å². The third-order valence-corrected chi connectivity index (χ3v) is 2.97. The SMILES string of the molecule is C=C(C)CSCC(CCCO)OC(C)=O. The Hall–Kier alpha value is -0.480. The van der Waals surface area contributed by atoms with Gasteiger partial charge in [0.25, 0.3) is 0 Å². The number of aliphatic hydroxyl groups excluding tert-OH is 1. The second-order valence-electron chi connectivity index (χ2n) is 3.57. The highest BCUT2D eigenvalue weighted by molar-refractivity contribution is 7.99. The van der Waals surface area contributed by atoms with E-state index in [0.717, 1.165) is 23.5 Å². The summed E-state index contributed by atoms with van der Waals surface area (Å²) in [4.78, 5) is 10.8. The molecule has 0 radical (unpaired) electrons. The number of hydrogen-bond donors (Lipinski definition) is 1. The van der Waals surface area contributed by atoms with E-state index < -0.39 is 0 Å². The first-order valence-electron chi connectivity index (χ1n) is 5.06. The lowest BCUT2D eigenvalue weighted by atomic mass is 10.2. The lowest BCUT2D eigenvalue weighted by Gasteiger charge is -2.16. The van der Waals surface area contributed by atoms with E-state index in [1.54, 1.807) is 11.8 Å². The van der Waals surface area contributed by atoms with Gasteiger partial charge in [0.2, 0.25) is 0 Å². The first kappa shape index (κ1) is 14.5. The van der Waals surface area contributed by atoms with Crippen LogP contribution in [-0.2, 0) is 9.53 Å². The highest BCUT2D eigenvalue weighted by Crippen LogP contribution is 2.13. The van der Waals surface area contributed by atoms with Crippen LogP contribution in [-0.4, -0.2) is 35.3 Å². The van der Waals surface area contributed by atoms with E-state index in [9.17, 15) is 4.79 Å². The van der Waals surface area contributed by atoms with Gasteiger partial charge >= 0.3 is 5.97 Å². The zero-order chi connectivity index (χ0) is 11.7. The van der Waals surface area contributed by atoms with Crippen LogP contribution >= 0.6 is 11.8 Å². The largest absolute Gasteiger partial charge is 0.462 e. The van der Waals surface area contributed by atoms with Crippen LogP contribution in [0.4, 0.5) is 0 Å². The fourth-order valence-corrected chi connectivity index (χ4v) is 2.06. The number of thioether (sulfide) groups is 1. The maximum atomic E-state index is 10.8. The number of aliphatic hydroxyl groups is 1. The predicted molar refractivity (Wildman–Crippen MR) is 64.0 cm³/mol. The topological polar surface area (TPSA) is 46.5 Å². The lowest BCUT2D eigenvalue weighted by molar-refractivity contribution is -0.145. The Morgan fingerprint density at radius 3 is 2.67 bits per heavy atom. The summed E-state index contributed by atoms with van der Waals surface area (Å²) in [7, 11) is 0. The molecule has 0 aromatic heterocycles. The smallest absolute Gasteiger partial charge is 0.302 e. The number of carbonyl (C=O) groups excluding carboxylic acids is 1. The monoisotopic (exact) mass is 232 g/mol. The number of esters is 1. The fourth-order valence-electron chi connectivity index (χ4n) is 1.09. The van der Waals surface area contributed by atoms with Crippen LogP contribution in [0.15, 0.2) is 12.2 Å². The molecule has 0 aliphatic rings. The second-order valence-corrected chi connectivity index (χ2v) is 4.60. The minimum Gasteiger partial charge on any atom is -0.462 e. The quantitative estimate of drug-likeness (QED) is 0.513. The average Bonchev–Trinajstić information content (AvgIpc) is 2.12. The highest BCUT2D eigenvalue weighted by Gasteiger charge is 2.11. The zero-order valence-electron chi connectivity index (χ0n) is 9.49. The van der Waals surface area contributed by atoms with Crippen molar-refractivity contribution in [3.63, 3.8) is 0 Å². The predicted octanol–water partition coefficient (Wildman–Crippen LogP) is 2.00. The molecule has 0 aromatic rings. The summed E-state index contributed by atoms with van der Waals surface area (Å²) in [6, 6.07) is 0. The molecule has 1 atom stereocenters. The maximum absolute atomic E-state index is 10.8. The Labute approximate surface area is 95.9 Å². The summed E-state index contributed by atoms with van der Waals surface area (Å²) in [5, 5.41) is 8.70. The Morgan fingerprint density at radius 1 is 1.53 bits per heavy atom. The molecule has 0 fully saturated rings. The summed E-state index contributed by atoms with van der Waals surface area (Å²) < 4.78 is 5.13. The van der Waals surface area contributed by atoms with Gasteiger partial charge < -0.3 is 9.84 Å². The molecule has 3 nitrogen and oxygen atoms in total. The zero-order valence-corrected chi connectivity index (χ0v) is 10.3. The van der Waals surface area contributed by atoms with Gasteiger partial charge in [-0.25, -0.2) is 0 Å². The molecular formula is C11H20O3S. The molecule has 1 N–H and O–H groups in total. The molecule has 0 heterocycles. The van der Waals surface area contributed by atoms with Gasteiger partial charge in [-0.2, -0.15) is 11.8 Å². The van der Waals surface area contributed by atoms with Crippen LogP contribution in [0.1, 0.15) is 26.7 Å². The Morgan fingerprint density at radius 2 is 2.20 bits per heavy atom. The molecule has 1 unspecified atom stereocenters. The molecule has 0 amide bonds. The van der Waals surface area contributed by atoms with Gasteiger partial charge in [-0.1, -0.05) is 12.2 Å². The van der Waals surface area contributed by atoms with E-state index >= 15 is 0 Å².